The fourth-order valence-electron chi connectivity index (χ4n) is 3.42. The van der Waals surface area contributed by atoms with E-state index in [1.165, 1.54) is 6.07 Å². The van der Waals surface area contributed by atoms with Crippen molar-refractivity contribution in [1.29, 1.82) is 0 Å². The van der Waals surface area contributed by atoms with Gasteiger partial charge < -0.3 is 14.5 Å². The largest absolute Gasteiger partial charge is 0.444 e. The molecule has 0 aromatic heterocycles. The molecule has 6 heteroatoms. The molecule has 5 nitrogen and oxygen atoms in total. The van der Waals surface area contributed by atoms with Crippen LogP contribution in [0.4, 0.5) is 9.18 Å². The SMILES string of the molecule is CCN(CC)CC(c1ccccc1F)N1CCN(C(=O)OC(C)(C)C)CC1. The summed E-state index contributed by atoms with van der Waals surface area (Å²) in [5.41, 5.74) is 0.238. The predicted molar refractivity (Wildman–Crippen MR) is 106 cm³/mol. The standard InChI is InChI=1S/C21H34FN3O2/c1-6-23(7-2)16-19(17-10-8-9-11-18(17)22)24-12-14-25(15-13-24)20(26)27-21(3,4)5/h8-11,19H,6-7,12-16H2,1-5H3. The average Bonchev–Trinajstić information content (AvgIpc) is 2.62. The monoisotopic (exact) mass is 379 g/mol. The van der Waals surface area contributed by atoms with E-state index in [4.69, 9.17) is 4.74 Å². The van der Waals surface area contributed by atoms with E-state index in [0.717, 1.165) is 25.2 Å². The Morgan fingerprint density at radius 3 is 2.26 bits per heavy atom. The molecular weight excluding hydrogens is 345 g/mol. The molecule has 1 aromatic carbocycles. The zero-order valence-corrected chi connectivity index (χ0v) is 17.4. The first-order valence-corrected chi connectivity index (χ1v) is 9.94. The number of carbonyl (C=O) groups excluding carboxylic acids is 1. The van der Waals surface area contributed by atoms with Crippen molar-refractivity contribution >= 4 is 6.09 Å². The molecule has 0 spiro atoms. The van der Waals surface area contributed by atoms with Crippen LogP contribution < -0.4 is 0 Å². The van der Waals surface area contributed by atoms with Crippen LogP contribution in [0.3, 0.4) is 0 Å². The van der Waals surface area contributed by atoms with Gasteiger partial charge in [-0.2, -0.15) is 0 Å². The van der Waals surface area contributed by atoms with Crippen molar-refractivity contribution < 1.29 is 13.9 Å². The third-order valence-corrected chi connectivity index (χ3v) is 5.00. The van der Waals surface area contributed by atoms with Crippen LogP contribution in [0.15, 0.2) is 24.3 Å². The number of carbonyl (C=O) groups is 1. The average molecular weight is 380 g/mol. The number of nitrogens with zero attached hydrogens (tertiary/aromatic N) is 3. The van der Waals surface area contributed by atoms with Gasteiger partial charge in [0.05, 0.1) is 6.04 Å². The van der Waals surface area contributed by atoms with Crippen LogP contribution in [0.25, 0.3) is 0 Å². The third-order valence-electron chi connectivity index (χ3n) is 5.00. The van der Waals surface area contributed by atoms with Crippen molar-refractivity contribution in [2.75, 3.05) is 45.8 Å². The molecule has 2 rings (SSSR count). The second-order valence-corrected chi connectivity index (χ2v) is 8.03. The first-order chi connectivity index (χ1) is 12.7. The van der Waals surface area contributed by atoms with Gasteiger partial charge in [-0.25, -0.2) is 9.18 Å². The van der Waals surface area contributed by atoms with Gasteiger partial charge >= 0.3 is 6.09 Å². The minimum absolute atomic E-state index is 0.0214. The third kappa shape index (κ3) is 6.18. The van der Waals surface area contributed by atoms with E-state index in [2.05, 4.69) is 23.6 Å². The number of hydrogen-bond donors (Lipinski definition) is 0. The molecule has 1 atom stereocenters. The molecule has 1 aliphatic heterocycles. The van der Waals surface area contributed by atoms with Gasteiger partial charge in [-0.05, 0) is 39.9 Å². The number of likely N-dealkylation sites (N-methyl/N-ethyl adjacent to an activating group) is 1. The summed E-state index contributed by atoms with van der Waals surface area (Å²) >= 11 is 0. The Labute approximate surface area is 163 Å². The van der Waals surface area contributed by atoms with E-state index in [-0.39, 0.29) is 18.0 Å². The molecule has 1 saturated heterocycles. The topological polar surface area (TPSA) is 36.0 Å². The number of piperazine rings is 1. The van der Waals surface area contributed by atoms with E-state index in [1.807, 2.05) is 32.9 Å². The van der Waals surface area contributed by atoms with Crippen LogP contribution >= 0.6 is 0 Å². The maximum atomic E-state index is 14.5. The first kappa shape index (κ1) is 21.6. The molecule has 0 bridgehead atoms. The summed E-state index contributed by atoms with van der Waals surface area (Å²) in [6.45, 7) is 15.1. The number of ether oxygens (including phenoxy) is 1. The molecule has 0 radical (unpaired) electrons. The second-order valence-electron chi connectivity index (χ2n) is 8.03. The summed E-state index contributed by atoms with van der Waals surface area (Å²) in [5.74, 6) is -0.163. The highest BCUT2D eigenvalue weighted by Gasteiger charge is 2.31. The van der Waals surface area contributed by atoms with Gasteiger partial charge in [0.2, 0.25) is 0 Å². The van der Waals surface area contributed by atoms with Crippen LogP contribution in [0.1, 0.15) is 46.2 Å². The van der Waals surface area contributed by atoms with Crippen molar-refractivity contribution in [1.82, 2.24) is 14.7 Å². The highest BCUT2D eigenvalue weighted by Crippen LogP contribution is 2.26. The number of amides is 1. The summed E-state index contributed by atoms with van der Waals surface area (Å²) in [6, 6.07) is 7.01. The number of halogens is 1. The molecule has 27 heavy (non-hydrogen) atoms. The molecular formula is C21H34FN3O2. The van der Waals surface area contributed by atoms with E-state index < -0.39 is 5.60 Å². The lowest BCUT2D eigenvalue weighted by atomic mass is 10.0. The van der Waals surface area contributed by atoms with Crippen molar-refractivity contribution in [3.8, 4) is 0 Å². The van der Waals surface area contributed by atoms with Crippen LogP contribution in [0.2, 0.25) is 0 Å². The first-order valence-electron chi connectivity index (χ1n) is 9.94. The number of benzene rings is 1. The van der Waals surface area contributed by atoms with E-state index in [0.29, 0.717) is 26.2 Å². The molecule has 152 valence electrons. The van der Waals surface area contributed by atoms with E-state index >= 15 is 0 Å². The maximum Gasteiger partial charge on any atom is 0.410 e. The molecule has 1 aliphatic rings. The Morgan fingerprint density at radius 1 is 1.15 bits per heavy atom. The van der Waals surface area contributed by atoms with Crippen LogP contribution in [-0.2, 0) is 4.74 Å². The molecule has 0 saturated carbocycles. The minimum atomic E-state index is -0.493. The molecule has 1 amide bonds. The van der Waals surface area contributed by atoms with E-state index in [1.54, 1.807) is 11.0 Å². The maximum absolute atomic E-state index is 14.5. The van der Waals surface area contributed by atoms with E-state index in [9.17, 15) is 9.18 Å². The molecule has 0 N–H and O–H groups in total. The van der Waals surface area contributed by atoms with Crippen molar-refractivity contribution in [3.05, 3.63) is 35.6 Å². The molecule has 1 heterocycles. The van der Waals surface area contributed by atoms with Crippen LogP contribution in [0, 0.1) is 5.82 Å². The normalized spacial score (nSPS) is 17.2. The Hall–Kier alpha value is -1.66. The smallest absolute Gasteiger partial charge is 0.410 e. The van der Waals surface area contributed by atoms with Crippen molar-refractivity contribution in [3.63, 3.8) is 0 Å². The lowest BCUT2D eigenvalue weighted by Gasteiger charge is -2.41. The lowest BCUT2D eigenvalue weighted by molar-refractivity contribution is 0.00794. The van der Waals surface area contributed by atoms with Crippen LogP contribution in [0.5, 0.6) is 0 Å². The zero-order valence-electron chi connectivity index (χ0n) is 17.4. The van der Waals surface area contributed by atoms with Crippen LogP contribution in [-0.4, -0.2) is 72.2 Å². The highest BCUT2D eigenvalue weighted by molar-refractivity contribution is 5.68. The quantitative estimate of drug-likeness (QED) is 0.754. The summed E-state index contributed by atoms with van der Waals surface area (Å²) in [5, 5.41) is 0. The van der Waals surface area contributed by atoms with Gasteiger partial charge in [0.15, 0.2) is 0 Å². The van der Waals surface area contributed by atoms with Crippen molar-refractivity contribution in [2.24, 2.45) is 0 Å². The Bertz CT molecular complexity index is 606. The Kier molecular flexibility index (Phi) is 7.62. The van der Waals surface area contributed by atoms with Gasteiger partial charge in [0.25, 0.3) is 0 Å². The molecule has 1 aromatic rings. The summed E-state index contributed by atoms with van der Waals surface area (Å²) in [7, 11) is 0. The highest BCUT2D eigenvalue weighted by atomic mass is 19.1. The number of hydrogen-bond acceptors (Lipinski definition) is 4. The zero-order chi connectivity index (χ0) is 20.0. The van der Waals surface area contributed by atoms with Gasteiger partial charge in [0, 0.05) is 38.3 Å². The minimum Gasteiger partial charge on any atom is -0.444 e. The molecule has 1 unspecified atom stereocenters. The fourth-order valence-corrected chi connectivity index (χ4v) is 3.42. The number of rotatable bonds is 6. The second kappa shape index (κ2) is 9.51. The fraction of sp³-hybridized carbons (Fsp3) is 0.667. The summed E-state index contributed by atoms with van der Waals surface area (Å²) < 4.78 is 20.0. The summed E-state index contributed by atoms with van der Waals surface area (Å²) in [4.78, 5) is 18.7. The van der Waals surface area contributed by atoms with Gasteiger partial charge in [-0.15, -0.1) is 0 Å². The Balaban J connectivity index is 2.09. The molecule has 0 aliphatic carbocycles. The molecule has 1 fully saturated rings. The van der Waals surface area contributed by atoms with Crippen molar-refractivity contribution in [2.45, 2.75) is 46.3 Å². The Morgan fingerprint density at radius 2 is 1.74 bits per heavy atom. The van der Waals surface area contributed by atoms with Gasteiger partial charge in [0.1, 0.15) is 11.4 Å². The lowest BCUT2D eigenvalue weighted by Crippen LogP contribution is -2.52. The predicted octanol–water partition coefficient (Wildman–Crippen LogP) is 3.76. The summed E-state index contributed by atoms with van der Waals surface area (Å²) in [6.07, 6.45) is -0.270. The van der Waals surface area contributed by atoms with Gasteiger partial charge in [-0.1, -0.05) is 32.0 Å². The van der Waals surface area contributed by atoms with Gasteiger partial charge in [-0.3, -0.25) is 4.90 Å².